The Morgan fingerprint density at radius 3 is 2.52 bits per heavy atom. The van der Waals surface area contributed by atoms with E-state index >= 15 is 0 Å². The molecule has 25 heavy (non-hydrogen) atoms. The zero-order valence-electron chi connectivity index (χ0n) is 13.6. The Hall–Kier alpha value is -0.840. The molecule has 3 rings (SSSR count). The number of esters is 1. The average Bonchev–Trinajstić information content (AvgIpc) is 3.26. The summed E-state index contributed by atoms with van der Waals surface area (Å²) in [5, 5.41) is -4.60. The van der Waals surface area contributed by atoms with Gasteiger partial charge < -0.3 is 18.8 Å². The Bertz CT molecular complexity index is 605. The fourth-order valence-corrected chi connectivity index (χ4v) is 4.01. The van der Waals surface area contributed by atoms with Gasteiger partial charge in [0.2, 0.25) is 0 Å². The van der Waals surface area contributed by atoms with Crippen LogP contribution in [-0.2, 0) is 29.1 Å². The SMILES string of the molecule is O=C(OCC(F)(F)S(=O)(=O)[O-])C1CC2CCC(OCC3CO3)CC2C1. The van der Waals surface area contributed by atoms with Crippen LogP contribution < -0.4 is 0 Å². The highest BCUT2D eigenvalue weighted by atomic mass is 32.2. The highest BCUT2D eigenvalue weighted by Crippen LogP contribution is 2.46. The van der Waals surface area contributed by atoms with Crippen LogP contribution in [0.2, 0.25) is 0 Å². The predicted octanol–water partition coefficient (Wildman–Crippen LogP) is 1.28. The first-order chi connectivity index (χ1) is 11.7. The first-order valence-electron chi connectivity index (χ1n) is 8.39. The van der Waals surface area contributed by atoms with Gasteiger partial charge in [-0.2, -0.15) is 8.78 Å². The molecule has 3 aliphatic rings. The second-order valence-electron chi connectivity index (χ2n) is 7.11. The van der Waals surface area contributed by atoms with Crippen LogP contribution in [0.15, 0.2) is 0 Å². The molecular weight excluding hydrogens is 362 g/mol. The Morgan fingerprint density at radius 1 is 1.20 bits per heavy atom. The quantitative estimate of drug-likeness (QED) is 0.370. The minimum atomic E-state index is -5.85. The molecule has 0 spiro atoms. The summed E-state index contributed by atoms with van der Waals surface area (Å²) in [7, 11) is -5.85. The number of fused-ring (bicyclic) bond motifs is 1. The van der Waals surface area contributed by atoms with Gasteiger partial charge in [0.25, 0.3) is 0 Å². The van der Waals surface area contributed by atoms with E-state index in [9.17, 15) is 26.5 Å². The fraction of sp³-hybridized carbons (Fsp3) is 0.933. The molecule has 5 unspecified atom stereocenters. The van der Waals surface area contributed by atoms with Gasteiger partial charge in [-0.1, -0.05) is 0 Å². The van der Waals surface area contributed by atoms with E-state index in [1.807, 2.05) is 0 Å². The summed E-state index contributed by atoms with van der Waals surface area (Å²) in [6.07, 6.45) is 3.97. The molecule has 10 heteroatoms. The Labute approximate surface area is 144 Å². The molecule has 0 aromatic carbocycles. The number of rotatable bonds is 7. The van der Waals surface area contributed by atoms with E-state index in [2.05, 4.69) is 4.74 Å². The molecule has 0 bridgehead atoms. The predicted molar refractivity (Wildman–Crippen MR) is 78.6 cm³/mol. The molecule has 1 aliphatic heterocycles. The van der Waals surface area contributed by atoms with E-state index in [0.717, 1.165) is 25.9 Å². The van der Waals surface area contributed by atoms with E-state index in [1.54, 1.807) is 0 Å². The summed E-state index contributed by atoms with van der Waals surface area (Å²) in [5.74, 6) is -0.814. The zero-order valence-corrected chi connectivity index (χ0v) is 14.4. The number of halogens is 2. The van der Waals surface area contributed by atoms with Gasteiger partial charge in [0.15, 0.2) is 16.7 Å². The first kappa shape index (κ1) is 18.9. The maximum Gasteiger partial charge on any atom is 0.367 e. The summed E-state index contributed by atoms with van der Waals surface area (Å²) in [6, 6.07) is 0. The average molecular weight is 383 g/mol. The smallest absolute Gasteiger partial charge is 0.367 e. The van der Waals surface area contributed by atoms with Crippen LogP contribution >= 0.6 is 0 Å². The number of carbonyl (C=O) groups is 1. The molecule has 0 amide bonds. The highest BCUT2D eigenvalue weighted by molar-refractivity contribution is 7.86. The van der Waals surface area contributed by atoms with Gasteiger partial charge in [-0.3, -0.25) is 4.79 Å². The van der Waals surface area contributed by atoms with E-state index in [0.29, 0.717) is 25.4 Å². The summed E-state index contributed by atoms with van der Waals surface area (Å²) in [5.41, 5.74) is 0. The topological polar surface area (TPSA) is 105 Å². The standard InChI is InChI=1S/C15H22F2O7S/c16-15(17,25(19,20)21)8-24-14(18)11-3-9-1-2-12(5-10(9)4-11)22-6-13-7-23-13/h9-13H,1-8H2,(H,19,20,21)/p-1. The minimum absolute atomic E-state index is 0.121. The minimum Gasteiger partial charge on any atom is -0.743 e. The van der Waals surface area contributed by atoms with Crippen LogP contribution in [-0.4, -0.2) is 56.2 Å². The summed E-state index contributed by atoms with van der Waals surface area (Å²) in [6.45, 7) is -0.417. The zero-order chi connectivity index (χ0) is 18.2. The van der Waals surface area contributed by atoms with Gasteiger partial charge in [0.05, 0.1) is 25.2 Å². The lowest BCUT2D eigenvalue weighted by molar-refractivity contribution is -0.154. The number of hydrogen-bond donors (Lipinski definition) is 0. The summed E-state index contributed by atoms with van der Waals surface area (Å²) in [4.78, 5) is 12.0. The van der Waals surface area contributed by atoms with E-state index in [-0.39, 0.29) is 18.1 Å². The lowest BCUT2D eigenvalue weighted by Gasteiger charge is -2.31. The molecule has 3 fully saturated rings. The van der Waals surface area contributed by atoms with Crippen LogP contribution in [0.3, 0.4) is 0 Å². The molecule has 0 aromatic heterocycles. The Balaban J connectivity index is 1.46. The van der Waals surface area contributed by atoms with Crippen molar-refractivity contribution in [3.05, 3.63) is 0 Å². The second kappa shape index (κ2) is 7.05. The number of carbonyl (C=O) groups excluding carboxylic acids is 1. The van der Waals surface area contributed by atoms with E-state index in [1.165, 1.54) is 0 Å². The van der Waals surface area contributed by atoms with Gasteiger partial charge in [0, 0.05) is 0 Å². The highest BCUT2D eigenvalue weighted by Gasteiger charge is 2.44. The third-order valence-electron chi connectivity index (χ3n) is 5.27. The Kier molecular flexibility index (Phi) is 5.34. The van der Waals surface area contributed by atoms with E-state index < -0.39 is 33.9 Å². The number of epoxide rings is 1. The largest absolute Gasteiger partial charge is 0.743 e. The van der Waals surface area contributed by atoms with Crippen molar-refractivity contribution in [2.45, 2.75) is 49.6 Å². The number of ether oxygens (including phenoxy) is 3. The molecule has 5 atom stereocenters. The van der Waals surface area contributed by atoms with Crippen molar-refractivity contribution in [2.75, 3.05) is 19.8 Å². The Morgan fingerprint density at radius 2 is 1.88 bits per heavy atom. The lowest BCUT2D eigenvalue weighted by atomic mass is 9.80. The molecule has 0 N–H and O–H groups in total. The molecule has 1 heterocycles. The van der Waals surface area contributed by atoms with Gasteiger partial charge in [0.1, 0.15) is 6.10 Å². The lowest BCUT2D eigenvalue weighted by Crippen LogP contribution is -2.35. The maximum atomic E-state index is 13.1. The summed E-state index contributed by atoms with van der Waals surface area (Å²) < 4.78 is 72.7. The molecule has 0 aromatic rings. The molecule has 1 saturated heterocycles. The van der Waals surface area contributed by atoms with Crippen molar-refractivity contribution < 1.29 is 40.8 Å². The van der Waals surface area contributed by atoms with E-state index in [4.69, 9.17) is 9.47 Å². The first-order valence-corrected chi connectivity index (χ1v) is 9.79. The van der Waals surface area contributed by atoms with Crippen molar-refractivity contribution in [2.24, 2.45) is 17.8 Å². The van der Waals surface area contributed by atoms with Gasteiger partial charge in [-0.15, -0.1) is 0 Å². The van der Waals surface area contributed by atoms with Crippen LogP contribution in [0.5, 0.6) is 0 Å². The molecule has 2 saturated carbocycles. The molecule has 2 aliphatic carbocycles. The van der Waals surface area contributed by atoms with Crippen molar-refractivity contribution in [3.63, 3.8) is 0 Å². The van der Waals surface area contributed by atoms with Gasteiger partial charge >= 0.3 is 11.2 Å². The number of hydrogen-bond acceptors (Lipinski definition) is 7. The van der Waals surface area contributed by atoms with Crippen molar-refractivity contribution in [1.29, 1.82) is 0 Å². The van der Waals surface area contributed by atoms with Crippen molar-refractivity contribution >= 4 is 16.1 Å². The number of alkyl halides is 2. The molecule has 7 nitrogen and oxygen atoms in total. The fourth-order valence-electron chi connectivity index (χ4n) is 3.81. The molecule has 144 valence electrons. The molecule has 0 radical (unpaired) electrons. The summed E-state index contributed by atoms with van der Waals surface area (Å²) >= 11 is 0. The van der Waals surface area contributed by atoms with Crippen molar-refractivity contribution in [3.8, 4) is 0 Å². The van der Waals surface area contributed by atoms with Gasteiger partial charge in [-0.25, -0.2) is 8.42 Å². The third-order valence-corrected chi connectivity index (χ3v) is 6.12. The van der Waals surface area contributed by atoms with Crippen LogP contribution in [0.25, 0.3) is 0 Å². The van der Waals surface area contributed by atoms with Crippen LogP contribution in [0, 0.1) is 17.8 Å². The maximum absolute atomic E-state index is 13.1. The van der Waals surface area contributed by atoms with Crippen molar-refractivity contribution in [1.82, 2.24) is 0 Å². The van der Waals surface area contributed by atoms with Gasteiger partial charge in [-0.05, 0) is 43.9 Å². The van der Waals surface area contributed by atoms with Crippen LogP contribution in [0.1, 0.15) is 32.1 Å². The van der Waals surface area contributed by atoms with Crippen LogP contribution in [0.4, 0.5) is 8.78 Å². The second-order valence-corrected chi connectivity index (χ2v) is 8.62. The molecular formula is C15H21F2O7S-. The third kappa shape index (κ3) is 4.66. The monoisotopic (exact) mass is 383 g/mol. The normalized spacial score (nSPS) is 35.2.